The van der Waals surface area contributed by atoms with Crippen LogP contribution >= 0.6 is 0 Å². The molecule has 0 saturated carbocycles. The number of piperidine rings is 1. The van der Waals surface area contributed by atoms with E-state index in [0.29, 0.717) is 82.8 Å². The highest BCUT2D eigenvalue weighted by Crippen LogP contribution is 2.28. The maximum atomic E-state index is 14.1. The van der Waals surface area contributed by atoms with Crippen molar-refractivity contribution in [3.05, 3.63) is 59.7 Å². The van der Waals surface area contributed by atoms with Gasteiger partial charge in [-0.3, -0.25) is 19.2 Å². The number of ether oxygens (including phenoxy) is 3. The normalized spacial score (nSPS) is 21.8. The summed E-state index contributed by atoms with van der Waals surface area (Å²) in [7, 11) is 1.53. The average Bonchev–Trinajstić information content (AvgIpc) is 3.15. The van der Waals surface area contributed by atoms with Crippen molar-refractivity contribution in [3.8, 4) is 11.5 Å². The molecule has 3 atom stereocenters. The minimum absolute atomic E-state index is 0.0702. The predicted molar refractivity (Wildman–Crippen MR) is 199 cm³/mol. The highest BCUT2D eigenvalue weighted by molar-refractivity contribution is 5.93. The van der Waals surface area contributed by atoms with Crippen molar-refractivity contribution in [1.29, 1.82) is 0 Å². The minimum Gasteiger partial charge on any atom is -0.493 e. The second kappa shape index (κ2) is 21.0. The zero-order chi connectivity index (χ0) is 38.2. The van der Waals surface area contributed by atoms with Gasteiger partial charge >= 0.3 is 6.09 Å². The number of rotatable bonds is 7. The topological polar surface area (TPSA) is 176 Å². The van der Waals surface area contributed by atoms with Crippen LogP contribution in [0.15, 0.2) is 48.5 Å². The molecule has 1 fully saturated rings. The van der Waals surface area contributed by atoms with Crippen molar-refractivity contribution in [3.63, 3.8) is 0 Å². The number of amides is 5. The number of hydrogen-bond donors (Lipinski definition) is 5. The highest BCUT2D eigenvalue weighted by Gasteiger charge is 2.32. The lowest BCUT2D eigenvalue weighted by atomic mass is 9.99. The first-order valence-corrected chi connectivity index (χ1v) is 18.7. The molecule has 2 aromatic carbocycles. The molecule has 53 heavy (non-hydrogen) atoms. The van der Waals surface area contributed by atoms with E-state index in [1.807, 2.05) is 56.3 Å². The van der Waals surface area contributed by atoms with Crippen LogP contribution in [0.5, 0.6) is 11.5 Å². The van der Waals surface area contributed by atoms with Crippen LogP contribution in [0.25, 0.3) is 0 Å². The Morgan fingerprint density at radius 1 is 0.925 bits per heavy atom. The van der Waals surface area contributed by atoms with E-state index in [-0.39, 0.29) is 48.8 Å². The smallest absolute Gasteiger partial charge is 0.409 e. The summed E-state index contributed by atoms with van der Waals surface area (Å²) in [5.74, 6) is -0.738. The molecule has 2 aliphatic rings. The summed E-state index contributed by atoms with van der Waals surface area (Å²) in [5.41, 5.74) is 1.80. The number of nitrogens with one attached hydrogen (secondary N) is 5. The first-order valence-electron chi connectivity index (χ1n) is 18.7. The number of hydrogen-bond acceptors (Lipinski definition) is 9. The molecule has 2 heterocycles. The standard InChI is InChI=1S/C39H56N6O8/c1-5-52-39(50)45-21-17-29(18-22-45)42-30-14-10-19-40-34(46)25-53-33-24-28(15-16-32(33)51-4)13-9-20-41-38(49)35(26(2)3)44-37(48)31(43-36(30)47)23-27-11-7-6-8-12-27/h6-8,11-12,15-16,24,26,29-31,35,42H,5,9-10,13-14,17-23,25H2,1-4H3,(H,40,46)(H,41,49)(H,43,47)(H,44,48)/t30-,31-,35+/m0/s1. The summed E-state index contributed by atoms with van der Waals surface area (Å²) in [4.78, 5) is 68.2. The zero-order valence-electron chi connectivity index (χ0n) is 31.4. The van der Waals surface area contributed by atoms with Crippen molar-refractivity contribution in [2.75, 3.05) is 46.5 Å². The summed E-state index contributed by atoms with van der Waals surface area (Å²) in [5, 5.41) is 15.2. The van der Waals surface area contributed by atoms with Crippen molar-refractivity contribution in [2.45, 2.75) is 89.9 Å². The van der Waals surface area contributed by atoms with Gasteiger partial charge in [0, 0.05) is 38.6 Å². The van der Waals surface area contributed by atoms with E-state index < -0.39 is 24.0 Å². The summed E-state index contributed by atoms with van der Waals surface area (Å²) in [6.45, 7) is 7.20. The summed E-state index contributed by atoms with van der Waals surface area (Å²) >= 11 is 0. The molecule has 5 N–H and O–H groups in total. The van der Waals surface area contributed by atoms with Gasteiger partial charge in [0.05, 0.1) is 19.8 Å². The second-order valence-electron chi connectivity index (χ2n) is 13.8. The number of nitrogens with zero attached hydrogens (tertiary/aromatic N) is 1. The van der Waals surface area contributed by atoms with Crippen LogP contribution in [-0.2, 0) is 36.8 Å². The minimum atomic E-state index is -0.965. The van der Waals surface area contributed by atoms with E-state index in [2.05, 4.69) is 26.6 Å². The molecule has 1 saturated heterocycles. The lowest BCUT2D eigenvalue weighted by Crippen LogP contribution is -2.59. The number of carbonyl (C=O) groups excluding carboxylic acids is 5. The fourth-order valence-electron chi connectivity index (χ4n) is 6.47. The van der Waals surface area contributed by atoms with Gasteiger partial charge in [0.15, 0.2) is 18.1 Å². The molecule has 0 aromatic heterocycles. The first-order chi connectivity index (χ1) is 25.6. The molecule has 2 aromatic rings. The lowest BCUT2D eigenvalue weighted by molar-refractivity contribution is -0.133. The summed E-state index contributed by atoms with van der Waals surface area (Å²) in [6.07, 6.45) is 3.17. The maximum Gasteiger partial charge on any atom is 0.409 e. The number of fused-ring (bicyclic) bond motifs is 2. The van der Waals surface area contributed by atoms with Crippen molar-refractivity contribution in [1.82, 2.24) is 31.5 Å². The van der Waals surface area contributed by atoms with Crippen LogP contribution in [0.3, 0.4) is 0 Å². The van der Waals surface area contributed by atoms with Crippen molar-refractivity contribution in [2.24, 2.45) is 5.92 Å². The first kappa shape index (κ1) is 40.9. The highest BCUT2D eigenvalue weighted by atomic mass is 16.6. The fourth-order valence-corrected chi connectivity index (χ4v) is 6.47. The van der Waals surface area contributed by atoms with E-state index in [1.165, 1.54) is 7.11 Å². The molecule has 0 spiro atoms. The molecular weight excluding hydrogens is 680 g/mol. The van der Waals surface area contributed by atoms with Gasteiger partial charge in [0.1, 0.15) is 12.1 Å². The molecule has 0 aliphatic carbocycles. The van der Waals surface area contributed by atoms with Gasteiger partial charge in [-0.2, -0.15) is 0 Å². The third-order valence-electron chi connectivity index (χ3n) is 9.46. The van der Waals surface area contributed by atoms with Gasteiger partial charge < -0.3 is 45.7 Å². The SMILES string of the molecule is CCOC(=O)N1CCC(N[C@H]2CCCNC(=O)COc3cc(ccc3OC)CCCNC(=O)[C@@H](C(C)C)NC(=O)[C@H](Cc3ccccc3)NC2=O)CC1. The Kier molecular flexibility index (Phi) is 16.2. The Bertz CT molecular complexity index is 1510. The van der Waals surface area contributed by atoms with Gasteiger partial charge in [-0.1, -0.05) is 50.2 Å². The van der Waals surface area contributed by atoms with Crippen molar-refractivity contribution >= 4 is 29.7 Å². The van der Waals surface area contributed by atoms with Gasteiger partial charge in [0.25, 0.3) is 5.91 Å². The van der Waals surface area contributed by atoms with E-state index in [0.717, 1.165) is 11.1 Å². The maximum absolute atomic E-state index is 14.1. The molecule has 14 nitrogen and oxygen atoms in total. The van der Waals surface area contributed by atoms with E-state index in [1.54, 1.807) is 17.9 Å². The molecule has 2 bridgehead atoms. The number of carbonyl (C=O) groups is 5. The van der Waals surface area contributed by atoms with Gasteiger partial charge in [0.2, 0.25) is 17.7 Å². The molecule has 4 rings (SSSR count). The van der Waals surface area contributed by atoms with E-state index >= 15 is 0 Å². The van der Waals surface area contributed by atoms with Gasteiger partial charge in [-0.25, -0.2) is 4.79 Å². The monoisotopic (exact) mass is 736 g/mol. The third-order valence-corrected chi connectivity index (χ3v) is 9.46. The predicted octanol–water partition coefficient (Wildman–Crippen LogP) is 2.48. The molecule has 0 radical (unpaired) electrons. The Labute approximate surface area is 312 Å². The summed E-state index contributed by atoms with van der Waals surface area (Å²) < 4.78 is 16.4. The lowest BCUT2D eigenvalue weighted by Gasteiger charge is -2.34. The molecule has 14 heteroatoms. The Hall–Kier alpha value is -4.85. The van der Waals surface area contributed by atoms with Crippen LogP contribution in [0, 0.1) is 5.92 Å². The summed E-state index contributed by atoms with van der Waals surface area (Å²) in [6, 6.07) is 12.4. The number of aryl methyl sites for hydroxylation is 1. The van der Waals surface area contributed by atoms with E-state index in [4.69, 9.17) is 14.2 Å². The Morgan fingerprint density at radius 3 is 2.36 bits per heavy atom. The Balaban J connectivity index is 1.56. The number of methoxy groups -OCH3 is 1. The molecule has 0 unspecified atom stereocenters. The molecule has 2 aliphatic heterocycles. The Morgan fingerprint density at radius 2 is 1.66 bits per heavy atom. The zero-order valence-corrected chi connectivity index (χ0v) is 31.4. The van der Waals surface area contributed by atoms with Gasteiger partial charge in [-0.05, 0) is 74.6 Å². The van der Waals surface area contributed by atoms with E-state index in [9.17, 15) is 24.0 Å². The number of benzene rings is 2. The molecular formula is C39H56N6O8. The molecule has 290 valence electrons. The van der Waals surface area contributed by atoms with Crippen LogP contribution in [0.1, 0.15) is 64.0 Å². The third kappa shape index (κ3) is 13.0. The van der Waals surface area contributed by atoms with Crippen LogP contribution < -0.4 is 36.1 Å². The van der Waals surface area contributed by atoms with Crippen molar-refractivity contribution < 1.29 is 38.2 Å². The van der Waals surface area contributed by atoms with Gasteiger partial charge in [-0.15, -0.1) is 0 Å². The second-order valence-corrected chi connectivity index (χ2v) is 13.8. The quantitative estimate of drug-likeness (QED) is 0.286. The largest absolute Gasteiger partial charge is 0.493 e. The van der Waals surface area contributed by atoms with Crippen LogP contribution in [-0.4, -0.2) is 105 Å². The van der Waals surface area contributed by atoms with Crippen LogP contribution in [0.2, 0.25) is 0 Å². The number of likely N-dealkylation sites (tertiary alicyclic amines) is 1. The fraction of sp³-hybridized carbons (Fsp3) is 0.564. The average molecular weight is 737 g/mol. The van der Waals surface area contributed by atoms with Crippen LogP contribution in [0.4, 0.5) is 4.79 Å². The molecule has 5 amide bonds.